The lowest BCUT2D eigenvalue weighted by atomic mass is 9.99. The van der Waals surface area contributed by atoms with E-state index in [1.54, 1.807) is 38.2 Å². The van der Waals surface area contributed by atoms with Gasteiger partial charge in [0.25, 0.3) is 0 Å². The van der Waals surface area contributed by atoms with Gasteiger partial charge >= 0.3 is 6.09 Å². The molecule has 1 saturated heterocycles. The summed E-state index contributed by atoms with van der Waals surface area (Å²) in [5.41, 5.74) is -0.585. The van der Waals surface area contributed by atoms with Gasteiger partial charge in [0, 0.05) is 25.5 Å². The number of carbonyl (C=O) groups excluding carboxylic acids is 2. The molecule has 1 aliphatic rings. The van der Waals surface area contributed by atoms with E-state index >= 15 is 0 Å². The zero-order valence-electron chi connectivity index (χ0n) is 14.4. The molecule has 1 N–H and O–H groups in total. The summed E-state index contributed by atoms with van der Waals surface area (Å²) in [5, 5.41) is 2.70. The molecule has 2 amide bonds. The lowest BCUT2D eigenvalue weighted by Gasteiger charge is -2.42. The van der Waals surface area contributed by atoms with Crippen LogP contribution in [-0.2, 0) is 9.53 Å². The Morgan fingerprint density at radius 1 is 1.30 bits per heavy atom. The fraction of sp³-hybridized carbons (Fsp3) is 0.688. The van der Waals surface area contributed by atoms with Gasteiger partial charge < -0.3 is 19.5 Å². The van der Waals surface area contributed by atoms with Gasteiger partial charge in [-0.3, -0.25) is 4.79 Å². The van der Waals surface area contributed by atoms with E-state index in [-0.39, 0.29) is 17.9 Å². The Morgan fingerprint density at radius 3 is 2.43 bits per heavy atom. The topological polar surface area (TPSA) is 76.5 Å². The molecule has 1 aliphatic heterocycles. The van der Waals surface area contributed by atoms with E-state index in [0.29, 0.717) is 13.1 Å². The van der Waals surface area contributed by atoms with Crippen molar-refractivity contribution < 1.29 is 14.3 Å². The van der Waals surface area contributed by atoms with Crippen LogP contribution in [0, 0.1) is 5.92 Å². The number of imidazole rings is 1. The summed E-state index contributed by atoms with van der Waals surface area (Å²) < 4.78 is 7.24. The monoisotopic (exact) mass is 322 g/mol. The zero-order chi connectivity index (χ0) is 17.2. The molecular formula is C16H26N4O3. The minimum atomic E-state index is -0.585. The third-order valence-electron chi connectivity index (χ3n) is 3.73. The predicted octanol–water partition coefficient (Wildman–Crippen LogP) is 1.82. The summed E-state index contributed by atoms with van der Waals surface area (Å²) in [6.45, 7) is 10.5. The Morgan fingerprint density at radius 2 is 1.96 bits per heavy atom. The molecule has 1 aromatic rings. The maximum absolute atomic E-state index is 12.6. The molecule has 7 nitrogen and oxygen atoms in total. The first-order chi connectivity index (χ1) is 10.7. The number of amides is 2. The third-order valence-corrected chi connectivity index (χ3v) is 3.73. The largest absolute Gasteiger partial charge is 0.444 e. The Kier molecular flexibility index (Phi) is 4.97. The molecular weight excluding hydrogens is 296 g/mol. The molecule has 1 unspecified atom stereocenters. The molecule has 0 bridgehead atoms. The van der Waals surface area contributed by atoms with Gasteiger partial charge in [-0.2, -0.15) is 0 Å². The first-order valence-electron chi connectivity index (χ1n) is 7.93. The quantitative estimate of drug-likeness (QED) is 0.917. The van der Waals surface area contributed by atoms with E-state index in [0.717, 1.165) is 0 Å². The van der Waals surface area contributed by atoms with Crippen molar-refractivity contribution >= 4 is 12.0 Å². The van der Waals surface area contributed by atoms with Gasteiger partial charge in [-0.05, 0) is 26.7 Å². The Balaban J connectivity index is 1.91. The van der Waals surface area contributed by atoms with E-state index in [9.17, 15) is 9.59 Å². The second kappa shape index (κ2) is 6.60. The second-order valence-electron chi connectivity index (χ2n) is 7.27. The third kappa shape index (κ3) is 4.46. The first kappa shape index (κ1) is 17.3. The summed E-state index contributed by atoms with van der Waals surface area (Å²) in [7, 11) is 0. The standard InChI is InChI=1S/C16H26N4O3/c1-11(2)13(18-15(22)23-16(3,4)5)14(21)20-8-12(9-20)19-7-6-17-10-19/h6-7,10-13H,8-9H2,1-5H3,(H,18,22). The molecule has 23 heavy (non-hydrogen) atoms. The summed E-state index contributed by atoms with van der Waals surface area (Å²) >= 11 is 0. The van der Waals surface area contributed by atoms with Gasteiger partial charge in [-0.1, -0.05) is 13.8 Å². The van der Waals surface area contributed by atoms with Crippen molar-refractivity contribution in [3.8, 4) is 0 Å². The maximum atomic E-state index is 12.6. The molecule has 0 aliphatic carbocycles. The van der Waals surface area contributed by atoms with Gasteiger partial charge in [-0.15, -0.1) is 0 Å². The fourth-order valence-electron chi connectivity index (χ4n) is 2.45. The Labute approximate surface area is 137 Å². The van der Waals surface area contributed by atoms with Crippen LogP contribution in [-0.4, -0.2) is 51.2 Å². The maximum Gasteiger partial charge on any atom is 0.408 e. The molecule has 1 aromatic heterocycles. The van der Waals surface area contributed by atoms with Crippen LogP contribution >= 0.6 is 0 Å². The highest BCUT2D eigenvalue weighted by Crippen LogP contribution is 2.23. The molecule has 128 valence electrons. The van der Waals surface area contributed by atoms with Crippen molar-refractivity contribution in [1.29, 1.82) is 0 Å². The summed E-state index contributed by atoms with van der Waals surface area (Å²) in [6.07, 6.45) is 4.82. The number of likely N-dealkylation sites (tertiary alicyclic amines) is 1. The molecule has 2 heterocycles. The Hall–Kier alpha value is -2.05. The number of alkyl carbamates (subject to hydrolysis) is 1. The number of ether oxygens (including phenoxy) is 1. The molecule has 0 radical (unpaired) electrons. The van der Waals surface area contributed by atoms with Crippen LogP contribution in [0.5, 0.6) is 0 Å². The number of hydrogen-bond acceptors (Lipinski definition) is 4. The molecule has 0 spiro atoms. The minimum absolute atomic E-state index is 0.0117. The number of aromatic nitrogens is 2. The first-order valence-corrected chi connectivity index (χ1v) is 7.93. The second-order valence-corrected chi connectivity index (χ2v) is 7.27. The van der Waals surface area contributed by atoms with Crippen molar-refractivity contribution in [2.75, 3.05) is 13.1 Å². The number of rotatable bonds is 4. The molecule has 7 heteroatoms. The van der Waals surface area contributed by atoms with Crippen molar-refractivity contribution in [3.05, 3.63) is 18.7 Å². The van der Waals surface area contributed by atoms with Crippen molar-refractivity contribution in [2.24, 2.45) is 5.92 Å². The van der Waals surface area contributed by atoms with Crippen molar-refractivity contribution in [2.45, 2.75) is 52.3 Å². The van der Waals surface area contributed by atoms with Gasteiger partial charge in [0.1, 0.15) is 11.6 Å². The normalized spacial score (nSPS) is 16.9. The summed E-state index contributed by atoms with van der Waals surface area (Å²) in [4.78, 5) is 30.3. The lowest BCUT2D eigenvalue weighted by Crippen LogP contribution is -2.58. The molecule has 0 aromatic carbocycles. The van der Waals surface area contributed by atoms with Crippen LogP contribution < -0.4 is 5.32 Å². The van der Waals surface area contributed by atoms with Gasteiger partial charge in [-0.25, -0.2) is 9.78 Å². The smallest absolute Gasteiger partial charge is 0.408 e. The number of carbonyl (C=O) groups is 2. The lowest BCUT2D eigenvalue weighted by molar-refractivity contribution is -0.140. The van der Waals surface area contributed by atoms with E-state index < -0.39 is 17.7 Å². The zero-order valence-corrected chi connectivity index (χ0v) is 14.4. The Bertz CT molecular complexity index is 542. The van der Waals surface area contributed by atoms with Crippen LogP contribution in [0.3, 0.4) is 0 Å². The SMILES string of the molecule is CC(C)C(NC(=O)OC(C)(C)C)C(=O)N1CC(n2ccnc2)C1. The fourth-order valence-corrected chi connectivity index (χ4v) is 2.45. The molecule has 1 atom stereocenters. The summed E-state index contributed by atoms with van der Waals surface area (Å²) in [6, 6.07) is -0.315. The van der Waals surface area contributed by atoms with Gasteiger partial charge in [0.2, 0.25) is 5.91 Å². The van der Waals surface area contributed by atoms with E-state index in [1.807, 2.05) is 24.6 Å². The van der Waals surface area contributed by atoms with Crippen LogP contribution in [0.1, 0.15) is 40.7 Å². The predicted molar refractivity (Wildman–Crippen MR) is 85.8 cm³/mol. The van der Waals surface area contributed by atoms with Gasteiger partial charge in [0.05, 0.1) is 12.4 Å². The van der Waals surface area contributed by atoms with Crippen LogP contribution in [0.15, 0.2) is 18.7 Å². The average molecular weight is 322 g/mol. The van der Waals surface area contributed by atoms with E-state index in [2.05, 4.69) is 10.3 Å². The van der Waals surface area contributed by atoms with Gasteiger partial charge in [0.15, 0.2) is 0 Å². The van der Waals surface area contributed by atoms with Crippen LogP contribution in [0.25, 0.3) is 0 Å². The highest BCUT2D eigenvalue weighted by Gasteiger charge is 2.37. The van der Waals surface area contributed by atoms with E-state index in [1.165, 1.54) is 0 Å². The summed E-state index contributed by atoms with van der Waals surface area (Å²) in [5.74, 6) is -0.0791. The number of nitrogens with one attached hydrogen (secondary N) is 1. The number of nitrogens with zero attached hydrogens (tertiary/aromatic N) is 3. The minimum Gasteiger partial charge on any atom is -0.444 e. The average Bonchev–Trinajstić information content (AvgIpc) is 2.85. The van der Waals surface area contributed by atoms with Crippen LogP contribution in [0.2, 0.25) is 0 Å². The molecule has 0 saturated carbocycles. The van der Waals surface area contributed by atoms with Crippen molar-refractivity contribution in [1.82, 2.24) is 19.8 Å². The highest BCUT2D eigenvalue weighted by atomic mass is 16.6. The number of hydrogen-bond donors (Lipinski definition) is 1. The van der Waals surface area contributed by atoms with Crippen LogP contribution in [0.4, 0.5) is 4.79 Å². The molecule has 2 rings (SSSR count). The van der Waals surface area contributed by atoms with Crippen molar-refractivity contribution in [3.63, 3.8) is 0 Å². The molecule has 1 fully saturated rings. The van der Waals surface area contributed by atoms with E-state index in [4.69, 9.17) is 4.74 Å². The highest BCUT2D eigenvalue weighted by molar-refractivity contribution is 5.86.